The number of phenols is 1. The summed E-state index contributed by atoms with van der Waals surface area (Å²) >= 11 is 0. The van der Waals surface area contributed by atoms with Gasteiger partial charge in [-0.25, -0.2) is 4.79 Å². The van der Waals surface area contributed by atoms with Crippen LogP contribution in [0, 0.1) is 0 Å². The Labute approximate surface area is 122 Å². The first kappa shape index (κ1) is 14.6. The van der Waals surface area contributed by atoms with E-state index in [0.29, 0.717) is 0 Å². The molecule has 2 rings (SSSR count). The number of ether oxygens (including phenoxy) is 1. The predicted octanol–water partition coefficient (Wildman–Crippen LogP) is 2.36. The Morgan fingerprint density at radius 1 is 1.10 bits per heavy atom. The molecule has 0 saturated heterocycles. The molecule has 2 N–H and O–H groups in total. The number of rotatable bonds is 4. The standard InChI is InChI=1S/C16H15NO4/c1-21-16(20)12-8-5-9-13(15(12)19)17-14(18)10-11-6-3-2-4-7-11/h2-9,19H,10H2,1H3,(H,17,18). The lowest BCUT2D eigenvalue weighted by atomic mass is 10.1. The highest BCUT2D eigenvalue weighted by Gasteiger charge is 2.15. The Balaban J connectivity index is 2.13. The van der Waals surface area contributed by atoms with E-state index >= 15 is 0 Å². The molecule has 0 unspecified atom stereocenters. The number of esters is 1. The first-order valence-electron chi connectivity index (χ1n) is 6.36. The fourth-order valence-corrected chi connectivity index (χ4v) is 1.89. The zero-order valence-electron chi connectivity index (χ0n) is 11.5. The van der Waals surface area contributed by atoms with Gasteiger partial charge in [0.2, 0.25) is 5.91 Å². The number of benzene rings is 2. The highest BCUT2D eigenvalue weighted by atomic mass is 16.5. The Hall–Kier alpha value is -2.82. The van der Waals surface area contributed by atoms with Crippen LogP contribution in [0.25, 0.3) is 0 Å². The molecule has 2 aromatic rings. The first-order valence-corrected chi connectivity index (χ1v) is 6.36. The van der Waals surface area contributed by atoms with E-state index < -0.39 is 5.97 Å². The minimum Gasteiger partial charge on any atom is -0.505 e. The van der Waals surface area contributed by atoms with Crippen molar-refractivity contribution in [2.24, 2.45) is 0 Å². The van der Waals surface area contributed by atoms with E-state index in [9.17, 15) is 14.7 Å². The summed E-state index contributed by atoms with van der Waals surface area (Å²) < 4.78 is 4.56. The van der Waals surface area contributed by atoms with Crippen molar-refractivity contribution in [1.82, 2.24) is 0 Å². The molecule has 0 fully saturated rings. The Bertz CT molecular complexity index is 653. The lowest BCUT2D eigenvalue weighted by Gasteiger charge is -2.10. The largest absolute Gasteiger partial charge is 0.505 e. The summed E-state index contributed by atoms with van der Waals surface area (Å²) in [6.07, 6.45) is 0.183. The number of carbonyl (C=O) groups excluding carboxylic acids is 2. The summed E-state index contributed by atoms with van der Waals surface area (Å²) in [6.45, 7) is 0. The van der Waals surface area contributed by atoms with Gasteiger partial charge >= 0.3 is 5.97 Å². The molecule has 0 heterocycles. The van der Waals surface area contributed by atoms with Gasteiger partial charge < -0.3 is 15.2 Å². The molecule has 0 aromatic heterocycles. The molecule has 21 heavy (non-hydrogen) atoms. The lowest BCUT2D eigenvalue weighted by Crippen LogP contribution is -2.15. The van der Waals surface area contributed by atoms with E-state index in [0.717, 1.165) is 5.56 Å². The molecule has 0 aliphatic rings. The third-order valence-electron chi connectivity index (χ3n) is 2.92. The van der Waals surface area contributed by atoms with Gasteiger partial charge in [-0.2, -0.15) is 0 Å². The summed E-state index contributed by atoms with van der Waals surface area (Å²) in [4.78, 5) is 23.4. The highest BCUT2D eigenvalue weighted by molar-refractivity contribution is 5.99. The molecule has 5 heteroatoms. The maximum Gasteiger partial charge on any atom is 0.341 e. The molecule has 0 atom stereocenters. The van der Waals surface area contributed by atoms with E-state index in [-0.39, 0.29) is 29.3 Å². The van der Waals surface area contributed by atoms with Gasteiger partial charge in [0.15, 0.2) is 5.75 Å². The molecule has 0 spiro atoms. The summed E-state index contributed by atoms with van der Waals surface area (Å²) in [5.74, 6) is -1.24. The normalized spacial score (nSPS) is 9.95. The Kier molecular flexibility index (Phi) is 4.56. The minimum absolute atomic E-state index is 0.00927. The maximum absolute atomic E-state index is 11.9. The van der Waals surface area contributed by atoms with Gasteiger partial charge in [-0.1, -0.05) is 36.4 Å². The number of hydrogen-bond donors (Lipinski definition) is 2. The van der Waals surface area contributed by atoms with Gasteiger partial charge in [-0.15, -0.1) is 0 Å². The number of carbonyl (C=O) groups is 2. The minimum atomic E-state index is -0.661. The lowest BCUT2D eigenvalue weighted by molar-refractivity contribution is -0.115. The van der Waals surface area contributed by atoms with Crippen LogP contribution in [0.2, 0.25) is 0 Å². The van der Waals surface area contributed by atoms with Crippen molar-refractivity contribution in [1.29, 1.82) is 0 Å². The van der Waals surface area contributed by atoms with Crippen LogP contribution in [0.3, 0.4) is 0 Å². The predicted molar refractivity (Wildman–Crippen MR) is 78.2 cm³/mol. The van der Waals surface area contributed by atoms with Gasteiger partial charge in [0.1, 0.15) is 5.56 Å². The van der Waals surface area contributed by atoms with E-state index in [2.05, 4.69) is 10.1 Å². The summed E-state index contributed by atoms with van der Waals surface area (Å²) in [6, 6.07) is 13.7. The van der Waals surface area contributed by atoms with Gasteiger partial charge in [-0.05, 0) is 17.7 Å². The molecule has 0 radical (unpaired) electrons. The van der Waals surface area contributed by atoms with Crippen LogP contribution in [0.1, 0.15) is 15.9 Å². The van der Waals surface area contributed by atoms with E-state index in [1.165, 1.54) is 19.2 Å². The SMILES string of the molecule is COC(=O)c1cccc(NC(=O)Cc2ccccc2)c1O. The van der Waals surface area contributed by atoms with Crippen LogP contribution in [-0.4, -0.2) is 24.1 Å². The quantitative estimate of drug-likeness (QED) is 0.668. The molecule has 0 aliphatic carbocycles. The summed E-state index contributed by atoms with van der Waals surface area (Å²) in [5, 5.41) is 12.6. The van der Waals surface area contributed by atoms with Crippen LogP contribution in [0.4, 0.5) is 5.69 Å². The Morgan fingerprint density at radius 3 is 2.48 bits per heavy atom. The summed E-state index contributed by atoms with van der Waals surface area (Å²) in [7, 11) is 1.22. The number of methoxy groups -OCH3 is 1. The van der Waals surface area contributed by atoms with Crippen LogP contribution in [0.15, 0.2) is 48.5 Å². The number of aromatic hydroxyl groups is 1. The second-order valence-electron chi connectivity index (χ2n) is 4.40. The van der Waals surface area contributed by atoms with Crippen molar-refractivity contribution in [2.45, 2.75) is 6.42 Å². The molecule has 2 aromatic carbocycles. The molecule has 0 saturated carbocycles. The van der Waals surface area contributed by atoms with Crippen molar-refractivity contribution in [2.75, 3.05) is 12.4 Å². The van der Waals surface area contributed by atoms with Crippen molar-refractivity contribution in [3.8, 4) is 5.75 Å². The van der Waals surface area contributed by atoms with Gasteiger partial charge in [0, 0.05) is 0 Å². The fourth-order valence-electron chi connectivity index (χ4n) is 1.89. The number of para-hydroxylation sites is 1. The van der Waals surface area contributed by atoms with Crippen molar-refractivity contribution in [3.05, 3.63) is 59.7 Å². The molecule has 5 nitrogen and oxygen atoms in total. The molecule has 1 amide bonds. The van der Waals surface area contributed by atoms with Gasteiger partial charge in [-0.3, -0.25) is 4.79 Å². The van der Waals surface area contributed by atoms with E-state index in [1.54, 1.807) is 6.07 Å². The van der Waals surface area contributed by atoms with Gasteiger partial charge in [0.05, 0.1) is 19.2 Å². The maximum atomic E-state index is 11.9. The number of phenolic OH excluding ortho intramolecular Hbond substituents is 1. The zero-order chi connectivity index (χ0) is 15.2. The zero-order valence-corrected chi connectivity index (χ0v) is 11.5. The monoisotopic (exact) mass is 285 g/mol. The van der Waals surface area contributed by atoms with E-state index in [4.69, 9.17) is 0 Å². The van der Waals surface area contributed by atoms with Crippen molar-refractivity contribution >= 4 is 17.6 Å². The number of anilines is 1. The number of nitrogens with one attached hydrogen (secondary N) is 1. The molecule has 0 bridgehead atoms. The third-order valence-corrected chi connectivity index (χ3v) is 2.92. The number of hydrogen-bond acceptors (Lipinski definition) is 4. The molecule has 0 aliphatic heterocycles. The third kappa shape index (κ3) is 3.60. The first-order chi connectivity index (χ1) is 10.1. The highest BCUT2D eigenvalue weighted by Crippen LogP contribution is 2.28. The van der Waals surface area contributed by atoms with Crippen molar-refractivity contribution < 1.29 is 19.4 Å². The smallest absolute Gasteiger partial charge is 0.341 e. The second-order valence-corrected chi connectivity index (χ2v) is 4.40. The van der Waals surface area contributed by atoms with Crippen molar-refractivity contribution in [3.63, 3.8) is 0 Å². The topological polar surface area (TPSA) is 75.6 Å². The Morgan fingerprint density at radius 2 is 1.81 bits per heavy atom. The van der Waals surface area contributed by atoms with Crippen LogP contribution >= 0.6 is 0 Å². The number of amides is 1. The fraction of sp³-hybridized carbons (Fsp3) is 0.125. The average molecular weight is 285 g/mol. The molecular weight excluding hydrogens is 270 g/mol. The second kappa shape index (κ2) is 6.56. The average Bonchev–Trinajstić information content (AvgIpc) is 2.49. The van der Waals surface area contributed by atoms with Crippen LogP contribution in [-0.2, 0) is 16.0 Å². The molecule has 108 valence electrons. The molecular formula is C16H15NO4. The van der Waals surface area contributed by atoms with Gasteiger partial charge in [0.25, 0.3) is 0 Å². The van der Waals surface area contributed by atoms with Crippen LogP contribution < -0.4 is 5.32 Å². The van der Waals surface area contributed by atoms with Crippen LogP contribution in [0.5, 0.6) is 5.75 Å². The summed E-state index contributed by atoms with van der Waals surface area (Å²) in [5.41, 5.74) is 1.05. The van der Waals surface area contributed by atoms with E-state index in [1.807, 2.05) is 30.3 Å².